The highest BCUT2D eigenvalue weighted by Crippen LogP contribution is 2.29. The predicted molar refractivity (Wildman–Crippen MR) is 121 cm³/mol. The van der Waals surface area contributed by atoms with Crippen LogP contribution >= 0.6 is 11.3 Å². The molecule has 0 spiro atoms. The Balaban J connectivity index is 1.31. The highest BCUT2D eigenvalue weighted by molar-refractivity contribution is 7.13. The summed E-state index contributed by atoms with van der Waals surface area (Å²) in [4.78, 5) is 30.8. The number of thiazole rings is 1. The summed E-state index contributed by atoms with van der Waals surface area (Å²) in [5, 5.41) is 8.76. The maximum Gasteiger partial charge on any atom is 0.319 e. The molecule has 0 bridgehead atoms. The quantitative estimate of drug-likeness (QED) is 0.612. The summed E-state index contributed by atoms with van der Waals surface area (Å²) < 4.78 is 0. The zero-order valence-corrected chi connectivity index (χ0v) is 17.7. The Bertz CT molecular complexity index is 1050. The van der Waals surface area contributed by atoms with Gasteiger partial charge in [-0.25, -0.2) is 9.78 Å². The molecular formula is C23H24N4O2S. The molecule has 0 radical (unpaired) electrons. The minimum absolute atomic E-state index is 0.0950. The lowest BCUT2D eigenvalue weighted by Crippen LogP contribution is -2.32. The predicted octanol–water partition coefficient (Wildman–Crippen LogP) is 4.61. The van der Waals surface area contributed by atoms with Gasteiger partial charge in [0, 0.05) is 36.9 Å². The van der Waals surface area contributed by atoms with Gasteiger partial charge < -0.3 is 15.5 Å². The third-order valence-electron chi connectivity index (χ3n) is 5.03. The third-order valence-corrected chi connectivity index (χ3v) is 5.97. The van der Waals surface area contributed by atoms with Crippen LogP contribution < -0.4 is 15.5 Å². The highest BCUT2D eigenvalue weighted by atomic mass is 32.1. The van der Waals surface area contributed by atoms with E-state index in [1.807, 2.05) is 29.6 Å². The molecule has 1 fully saturated rings. The summed E-state index contributed by atoms with van der Waals surface area (Å²) in [7, 11) is 0. The number of anilines is 2. The van der Waals surface area contributed by atoms with Gasteiger partial charge in [0.2, 0.25) is 5.91 Å². The Labute approximate surface area is 180 Å². The van der Waals surface area contributed by atoms with Crippen molar-refractivity contribution in [2.24, 2.45) is 0 Å². The van der Waals surface area contributed by atoms with E-state index in [9.17, 15) is 9.59 Å². The second-order valence-corrected chi connectivity index (χ2v) is 8.17. The van der Waals surface area contributed by atoms with Crippen molar-refractivity contribution in [1.82, 2.24) is 10.3 Å². The molecule has 154 valence electrons. The Morgan fingerprint density at radius 3 is 2.73 bits per heavy atom. The number of carbonyl (C=O) groups is 2. The van der Waals surface area contributed by atoms with Crippen LogP contribution in [0, 0.1) is 6.92 Å². The minimum Gasteiger partial charge on any atom is -0.337 e. The molecule has 2 heterocycles. The van der Waals surface area contributed by atoms with Crippen LogP contribution in [0.25, 0.3) is 10.6 Å². The van der Waals surface area contributed by atoms with Gasteiger partial charge in [-0.15, -0.1) is 11.3 Å². The molecule has 6 nitrogen and oxygen atoms in total. The van der Waals surface area contributed by atoms with E-state index in [4.69, 9.17) is 0 Å². The first-order chi connectivity index (χ1) is 14.6. The van der Waals surface area contributed by atoms with E-state index in [-0.39, 0.29) is 11.9 Å². The van der Waals surface area contributed by atoms with Gasteiger partial charge >= 0.3 is 6.03 Å². The van der Waals surface area contributed by atoms with Gasteiger partial charge in [-0.1, -0.05) is 42.0 Å². The van der Waals surface area contributed by atoms with E-state index < -0.39 is 0 Å². The Morgan fingerprint density at radius 2 is 1.97 bits per heavy atom. The van der Waals surface area contributed by atoms with Crippen LogP contribution in [0.1, 0.15) is 24.1 Å². The molecule has 4 rings (SSSR count). The topological polar surface area (TPSA) is 74.3 Å². The number of rotatable bonds is 6. The number of urea groups is 1. The molecule has 0 aliphatic carbocycles. The van der Waals surface area contributed by atoms with Crippen LogP contribution in [-0.2, 0) is 11.2 Å². The van der Waals surface area contributed by atoms with E-state index >= 15 is 0 Å². The van der Waals surface area contributed by atoms with Gasteiger partial charge in [0.05, 0.1) is 17.1 Å². The first-order valence-electron chi connectivity index (χ1n) is 10.1. The largest absolute Gasteiger partial charge is 0.337 e. The summed E-state index contributed by atoms with van der Waals surface area (Å²) in [6, 6.07) is 15.4. The summed E-state index contributed by atoms with van der Waals surface area (Å²) in [5.41, 5.74) is 4.67. The molecule has 1 aliphatic heterocycles. The zero-order valence-electron chi connectivity index (χ0n) is 16.9. The number of nitrogens with one attached hydrogen (secondary N) is 2. The normalized spacial score (nSPS) is 13.5. The third kappa shape index (κ3) is 4.68. The van der Waals surface area contributed by atoms with Crippen LogP contribution in [0.2, 0.25) is 0 Å². The maximum atomic E-state index is 12.4. The van der Waals surface area contributed by atoms with Gasteiger partial charge in [-0.3, -0.25) is 4.79 Å². The lowest BCUT2D eigenvalue weighted by atomic mass is 10.2. The molecule has 1 saturated heterocycles. The van der Waals surface area contributed by atoms with Gasteiger partial charge in [0.15, 0.2) is 0 Å². The van der Waals surface area contributed by atoms with E-state index in [0.29, 0.717) is 31.6 Å². The lowest BCUT2D eigenvalue weighted by molar-refractivity contribution is -0.117. The van der Waals surface area contributed by atoms with Crippen molar-refractivity contribution in [2.75, 3.05) is 23.3 Å². The monoisotopic (exact) mass is 420 g/mol. The van der Waals surface area contributed by atoms with E-state index in [1.54, 1.807) is 16.2 Å². The minimum atomic E-state index is -0.289. The number of nitrogens with zero attached hydrogens (tertiary/aromatic N) is 2. The van der Waals surface area contributed by atoms with Crippen LogP contribution in [-0.4, -0.2) is 30.0 Å². The number of carbonyl (C=O) groups excluding carboxylic acids is 2. The molecule has 0 unspecified atom stereocenters. The zero-order chi connectivity index (χ0) is 20.9. The van der Waals surface area contributed by atoms with Gasteiger partial charge in [-0.05, 0) is 25.5 Å². The first-order valence-corrected chi connectivity index (χ1v) is 10.9. The highest BCUT2D eigenvalue weighted by Gasteiger charge is 2.24. The van der Waals surface area contributed by atoms with E-state index in [0.717, 1.165) is 28.4 Å². The Kier molecular flexibility index (Phi) is 6.09. The van der Waals surface area contributed by atoms with Gasteiger partial charge in [0.25, 0.3) is 0 Å². The summed E-state index contributed by atoms with van der Waals surface area (Å²) in [6.07, 6.45) is 2.05. The molecule has 7 heteroatoms. The van der Waals surface area contributed by atoms with E-state index in [2.05, 4.69) is 46.8 Å². The Morgan fingerprint density at radius 1 is 1.17 bits per heavy atom. The number of hydrogen-bond donors (Lipinski definition) is 2. The number of aromatic nitrogens is 1. The van der Waals surface area contributed by atoms with Crippen molar-refractivity contribution in [3.63, 3.8) is 0 Å². The van der Waals surface area contributed by atoms with Gasteiger partial charge in [0.1, 0.15) is 5.01 Å². The van der Waals surface area contributed by atoms with Crippen molar-refractivity contribution >= 4 is 34.6 Å². The molecule has 0 atom stereocenters. The lowest BCUT2D eigenvalue weighted by Gasteiger charge is -2.20. The second kappa shape index (κ2) is 9.09. The SMILES string of the molecule is Cc1ccc(-c2nc(CCNC(=O)Nc3ccccc3N3CCCC3=O)cs2)cc1. The van der Waals surface area contributed by atoms with Crippen molar-refractivity contribution in [3.8, 4) is 10.6 Å². The maximum absolute atomic E-state index is 12.4. The van der Waals surface area contributed by atoms with Crippen molar-refractivity contribution in [2.45, 2.75) is 26.2 Å². The van der Waals surface area contributed by atoms with Crippen LogP contribution in [0.4, 0.5) is 16.2 Å². The number of amides is 3. The number of benzene rings is 2. The van der Waals surface area contributed by atoms with Crippen molar-refractivity contribution < 1.29 is 9.59 Å². The smallest absolute Gasteiger partial charge is 0.319 e. The number of para-hydroxylation sites is 2. The van der Waals surface area contributed by atoms with Crippen molar-refractivity contribution in [3.05, 3.63) is 65.2 Å². The molecule has 1 aliphatic rings. The second-order valence-electron chi connectivity index (χ2n) is 7.31. The van der Waals surface area contributed by atoms with Crippen LogP contribution in [0.3, 0.4) is 0 Å². The summed E-state index contributed by atoms with van der Waals surface area (Å²) in [5.74, 6) is 0.0950. The number of hydrogen-bond acceptors (Lipinski definition) is 4. The summed E-state index contributed by atoms with van der Waals surface area (Å²) in [6.45, 7) is 3.23. The number of aryl methyl sites for hydroxylation is 1. The molecular weight excluding hydrogens is 396 g/mol. The first kappa shape index (κ1) is 20.1. The molecule has 2 aromatic carbocycles. The fourth-order valence-corrected chi connectivity index (χ4v) is 4.30. The molecule has 0 saturated carbocycles. The Hall–Kier alpha value is -3.19. The van der Waals surface area contributed by atoms with Gasteiger partial charge in [-0.2, -0.15) is 0 Å². The summed E-state index contributed by atoms with van der Waals surface area (Å²) >= 11 is 1.61. The van der Waals surface area contributed by atoms with E-state index in [1.165, 1.54) is 5.56 Å². The molecule has 30 heavy (non-hydrogen) atoms. The average Bonchev–Trinajstić information content (AvgIpc) is 3.38. The fourth-order valence-electron chi connectivity index (χ4n) is 3.44. The van der Waals surface area contributed by atoms with Crippen LogP contribution in [0.15, 0.2) is 53.9 Å². The average molecular weight is 421 g/mol. The molecule has 1 aromatic heterocycles. The molecule has 2 N–H and O–H groups in total. The molecule has 3 aromatic rings. The van der Waals surface area contributed by atoms with Crippen molar-refractivity contribution in [1.29, 1.82) is 0 Å². The standard InChI is InChI=1S/C23H24N4O2S/c1-16-8-10-17(11-9-16)22-25-18(15-30-22)12-13-24-23(29)26-19-5-2-3-6-20(19)27-14-4-7-21(27)28/h2-3,5-6,8-11,15H,4,7,12-14H2,1H3,(H2,24,26,29). The molecule has 3 amide bonds. The van der Waals surface area contributed by atoms with Crippen LogP contribution in [0.5, 0.6) is 0 Å². The fraction of sp³-hybridized carbons (Fsp3) is 0.261.